The van der Waals surface area contributed by atoms with Gasteiger partial charge in [-0.25, -0.2) is 15.0 Å². The number of hydrogen-bond acceptors (Lipinski definition) is 4. The molecule has 0 spiro atoms. The second kappa shape index (κ2) is 17.3. The molecule has 10 rings (SSSR count). The zero-order chi connectivity index (χ0) is 50.3. The lowest BCUT2D eigenvalue weighted by molar-refractivity contribution is 0.673. The van der Waals surface area contributed by atoms with E-state index in [1.165, 1.54) is 0 Å². The zero-order valence-electron chi connectivity index (χ0n) is 37.0. The van der Waals surface area contributed by atoms with Crippen molar-refractivity contribution in [2.24, 2.45) is 0 Å². The standard InChI is InChI=1S/C47H10B19N3O/c48-24-17-18(36(60)42(66)41(65)35(17)59)37(61)44-22(24)21-26(50)23(47-68-45(11-7-3-1-4-8-11)67-46(69-47)12-9-5-2-6-10-12)25(49)20(43(21)70-44)19-31(55)29(53)15(30(54)32(19)56)13-14-16(33(57)38(62)27(13)51)34(58)40(64)39(63)28(14)52/h1-10H. The summed E-state index contributed by atoms with van der Waals surface area (Å²) >= 11 is 0. The molecule has 0 atom stereocenters. The Kier molecular flexibility index (Phi) is 11.8. The average Bonchev–Trinajstić information content (AvgIpc) is 3.77. The highest BCUT2D eigenvalue weighted by Gasteiger charge is 2.30. The van der Waals surface area contributed by atoms with Gasteiger partial charge >= 0.3 is 0 Å². The average molecular weight is 838 g/mol. The van der Waals surface area contributed by atoms with Crippen molar-refractivity contribution in [3.63, 3.8) is 0 Å². The predicted molar refractivity (Wildman–Crippen MR) is 312 cm³/mol. The van der Waals surface area contributed by atoms with Gasteiger partial charge in [0.25, 0.3) is 0 Å². The first-order valence-corrected chi connectivity index (χ1v) is 21.1. The molecule has 23 heteroatoms. The van der Waals surface area contributed by atoms with Crippen LogP contribution >= 0.6 is 0 Å². The van der Waals surface area contributed by atoms with Crippen molar-refractivity contribution in [3.8, 4) is 56.4 Å². The lowest BCUT2D eigenvalue weighted by Crippen LogP contribution is -2.53. The normalized spacial score (nSPS) is 11.7. The summed E-state index contributed by atoms with van der Waals surface area (Å²) in [5, 5.41) is 0.938. The van der Waals surface area contributed by atoms with Gasteiger partial charge in [0, 0.05) is 33.0 Å². The molecule has 2 heterocycles. The molecular weight excluding hydrogens is 828 g/mol. The molecule has 0 fully saturated rings. The van der Waals surface area contributed by atoms with Crippen molar-refractivity contribution in [2.45, 2.75) is 0 Å². The van der Waals surface area contributed by atoms with E-state index in [0.29, 0.717) is 11.1 Å². The van der Waals surface area contributed by atoms with Gasteiger partial charge in [-0.1, -0.05) is 132 Å². The minimum atomic E-state index is -0.186. The van der Waals surface area contributed by atoms with Crippen LogP contribution in [0.2, 0.25) is 0 Å². The Morgan fingerprint density at radius 1 is 0.229 bits per heavy atom. The van der Waals surface area contributed by atoms with E-state index in [0.717, 1.165) is 0 Å². The number of hydrogen-bond donors (Lipinski definition) is 0. The molecule has 38 radical (unpaired) electrons. The van der Waals surface area contributed by atoms with Crippen LogP contribution in [0.15, 0.2) is 65.1 Å². The lowest BCUT2D eigenvalue weighted by atomic mass is 9.56. The maximum absolute atomic E-state index is 7.39. The van der Waals surface area contributed by atoms with E-state index in [1.807, 2.05) is 60.7 Å². The van der Waals surface area contributed by atoms with Crippen LogP contribution in [-0.4, -0.2) is 164 Å². The molecular formula is C47H10B19N3O. The van der Waals surface area contributed by atoms with Crippen molar-refractivity contribution in [1.82, 2.24) is 15.0 Å². The second-order valence-corrected chi connectivity index (χ2v) is 16.8. The van der Waals surface area contributed by atoms with Gasteiger partial charge in [0.2, 0.25) is 0 Å². The van der Waals surface area contributed by atoms with Crippen LogP contribution in [0.3, 0.4) is 0 Å². The van der Waals surface area contributed by atoms with Crippen molar-refractivity contribution in [3.05, 3.63) is 60.7 Å². The van der Waals surface area contributed by atoms with E-state index in [1.54, 1.807) is 0 Å². The highest BCUT2D eigenvalue weighted by molar-refractivity contribution is 6.75. The Morgan fingerprint density at radius 2 is 0.571 bits per heavy atom. The fourth-order valence-electron chi connectivity index (χ4n) is 9.41. The summed E-state index contributed by atoms with van der Waals surface area (Å²) in [7, 11) is 129. The van der Waals surface area contributed by atoms with Crippen molar-refractivity contribution in [1.29, 1.82) is 0 Å². The number of nitrogens with zero attached hydrogens (tertiary/aromatic N) is 3. The van der Waals surface area contributed by atoms with Gasteiger partial charge in [-0.3, -0.25) is 0 Å². The smallest absolute Gasteiger partial charge is 0.164 e. The van der Waals surface area contributed by atoms with Crippen molar-refractivity contribution in [2.75, 3.05) is 0 Å². The zero-order valence-corrected chi connectivity index (χ0v) is 37.0. The van der Waals surface area contributed by atoms with E-state index in [9.17, 15) is 0 Å². The lowest BCUT2D eigenvalue weighted by Gasteiger charge is -2.30. The quantitative estimate of drug-likeness (QED) is 0.162. The number of furan rings is 1. The molecule has 0 saturated carbocycles. The summed E-state index contributed by atoms with van der Waals surface area (Å²) in [6.45, 7) is 0. The van der Waals surface area contributed by atoms with Crippen LogP contribution in [-0.2, 0) is 0 Å². The first-order valence-electron chi connectivity index (χ1n) is 21.1. The molecule has 10 aromatic rings. The topological polar surface area (TPSA) is 51.8 Å². The monoisotopic (exact) mass is 841 g/mol. The predicted octanol–water partition coefficient (Wildman–Crippen LogP) is -10.5. The number of benzene rings is 8. The third-order valence-electron chi connectivity index (χ3n) is 13.0. The first kappa shape index (κ1) is 48.0. The van der Waals surface area contributed by atoms with Gasteiger partial charge in [-0.15, -0.1) is 27.3 Å². The van der Waals surface area contributed by atoms with Crippen molar-refractivity contribution < 1.29 is 4.42 Å². The van der Waals surface area contributed by atoms with Crippen LogP contribution in [0, 0.1) is 0 Å². The molecule has 0 aliphatic carbocycles. The van der Waals surface area contributed by atoms with Gasteiger partial charge in [-0.2, -0.15) is 0 Å². The molecule has 70 heavy (non-hydrogen) atoms. The molecule has 276 valence electrons. The van der Waals surface area contributed by atoms with E-state index in [-0.39, 0.29) is 193 Å². The fourth-order valence-corrected chi connectivity index (χ4v) is 9.41. The third kappa shape index (κ3) is 6.75. The highest BCUT2D eigenvalue weighted by atomic mass is 16.3. The van der Waals surface area contributed by atoms with Gasteiger partial charge in [0.05, 0.1) is 0 Å². The SMILES string of the molecule is [B]c1c([B])c(-c2c([B])c([B])c([B])c3c([B])c([B])c([B])c([B])c23)c([B])c([B])c1-c1c([B])c(-c2nc(-c3ccccc3)nc(-c3ccccc3)n2)c([B])c2c1oc1c([B])c3c([B])c([B])c([B])c([B])c3c([B])c12. The Morgan fingerprint density at radius 3 is 1.03 bits per heavy atom. The molecule has 4 nitrogen and oxygen atoms in total. The van der Waals surface area contributed by atoms with Crippen LogP contribution in [0.1, 0.15) is 0 Å². The molecule has 0 unspecified atom stereocenters. The van der Waals surface area contributed by atoms with Gasteiger partial charge < -0.3 is 4.42 Å². The largest absolute Gasteiger partial charge is 0.456 e. The summed E-state index contributed by atoms with van der Waals surface area (Å²) in [5.41, 5.74) is 0.0746. The highest BCUT2D eigenvalue weighted by Crippen LogP contribution is 2.36. The number of rotatable bonds is 5. The summed E-state index contributed by atoms with van der Waals surface area (Å²) in [6.07, 6.45) is 0. The Balaban J connectivity index is 1.40. The first-order chi connectivity index (χ1) is 33.2. The Labute approximate surface area is 430 Å². The Bertz CT molecular complexity index is 3900. The summed E-state index contributed by atoms with van der Waals surface area (Å²) < 4.78 is 6.74. The van der Waals surface area contributed by atoms with Crippen LogP contribution in [0.4, 0.5) is 0 Å². The van der Waals surface area contributed by atoms with E-state index < -0.39 is 0 Å². The number of aromatic nitrogens is 3. The Hall–Kier alpha value is -5.68. The van der Waals surface area contributed by atoms with Crippen LogP contribution < -0.4 is 104 Å². The third-order valence-corrected chi connectivity index (χ3v) is 13.0. The molecule has 0 amide bonds. The molecule has 0 N–H and O–H groups in total. The fraction of sp³-hybridized carbons (Fsp3) is 0. The van der Waals surface area contributed by atoms with E-state index >= 15 is 0 Å². The summed E-state index contributed by atoms with van der Waals surface area (Å²) in [5.74, 6) is 0.573. The van der Waals surface area contributed by atoms with E-state index in [4.69, 9.17) is 168 Å². The van der Waals surface area contributed by atoms with Crippen molar-refractivity contribution >= 4 is 296 Å². The van der Waals surface area contributed by atoms with E-state index in [2.05, 4.69) is 0 Å². The summed E-state index contributed by atoms with van der Waals surface area (Å²) in [6, 6.07) is 18.4. The maximum Gasteiger partial charge on any atom is 0.164 e. The molecule has 0 saturated heterocycles. The number of fused-ring (bicyclic) bond motifs is 5. The molecule has 2 aromatic heterocycles. The molecule has 0 aliphatic rings. The molecule has 8 aromatic carbocycles. The maximum atomic E-state index is 7.39. The molecule has 0 bridgehead atoms. The second-order valence-electron chi connectivity index (χ2n) is 16.8. The van der Waals surface area contributed by atoms with Crippen LogP contribution in [0.5, 0.6) is 0 Å². The van der Waals surface area contributed by atoms with Crippen LogP contribution in [0.25, 0.3) is 99.9 Å². The van der Waals surface area contributed by atoms with Gasteiger partial charge in [-0.05, 0) is 43.7 Å². The molecule has 0 aliphatic heterocycles. The minimum Gasteiger partial charge on any atom is -0.456 e. The minimum absolute atomic E-state index is 0.000264. The summed E-state index contributed by atoms with van der Waals surface area (Å²) in [4.78, 5) is 14.8. The van der Waals surface area contributed by atoms with Gasteiger partial charge in [0.1, 0.15) is 160 Å². The van der Waals surface area contributed by atoms with Gasteiger partial charge in [0.15, 0.2) is 17.5 Å².